The molecule has 6 heteroatoms. The van der Waals surface area contributed by atoms with Gasteiger partial charge in [-0.3, -0.25) is 9.52 Å². The van der Waals surface area contributed by atoms with Gasteiger partial charge in [0.2, 0.25) is 5.91 Å². The molecule has 0 bridgehead atoms. The molecular formula is C11H9N2O3S. The van der Waals surface area contributed by atoms with Crippen LogP contribution in [0.15, 0.2) is 12.1 Å². The number of aromatic nitrogens is 1. The summed E-state index contributed by atoms with van der Waals surface area (Å²) >= 11 is 1.24. The number of hydrogen-bond donors (Lipinski definition) is 1. The minimum absolute atomic E-state index is 0.00954. The molecule has 0 atom stereocenters. The summed E-state index contributed by atoms with van der Waals surface area (Å²) in [5.74, 6) is 1.27. The topological polar surface area (TPSA) is 60.5 Å². The Morgan fingerprint density at radius 2 is 2.29 bits per heavy atom. The zero-order valence-corrected chi connectivity index (χ0v) is 9.67. The van der Waals surface area contributed by atoms with Crippen LogP contribution < -0.4 is 14.2 Å². The Morgan fingerprint density at radius 1 is 1.41 bits per heavy atom. The van der Waals surface area contributed by atoms with Crippen LogP contribution in [-0.4, -0.2) is 24.1 Å². The maximum absolute atomic E-state index is 11.1. The molecule has 3 rings (SSSR count). The largest absolute Gasteiger partial charge is 0.486 e. The fraction of sp³-hybridized carbons (Fsp3) is 0.273. The number of fused-ring (bicyclic) bond motifs is 1. The first-order valence-corrected chi connectivity index (χ1v) is 5.99. The molecule has 5 nitrogen and oxygen atoms in total. The number of nitrogens with zero attached hydrogens (tertiary/aromatic N) is 1. The maximum atomic E-state index is 11.1. The molecule has 2 aliphatic heterocycles. The summed E-state index contributed by atoms with van der Waals surface area (Å²) in [6.45, 7) is 1.04. The minimum Gasteiger partial charge on any atom is -0.486 e. The van der Waals surface area contributed by atoms with Gasteiger partial charge in [-0.15, -0.1) is 0 Å². The van der Waals surface area contributed by atoms with E-state index in [4.69, 9.17) is 9.47 Å². The van der Waals surface area contributed by atoms with Crippen molar-refractivity contribution in [2.75, 3.05) is 13.2 Å². The highest BCUT2D eigenvalue weighted by atomic mass is 32.2. The molecule has 0 fully saturated rings. The Kier molecular flexibility index (Phi) is 2.64. The van der Waals surface area contributed by atoms with Gasteiger partial charge in [-0.2, -0.15) is 0 Å². The first-order valence-electron chi connectivity index (χ1n) is 5.17. The summed E-state index contributed by atoms with van der Waals surface area (Å²) in [5, 5.41) is 0. The molecule has 1 aromatic rings. The van der Waals surface area contributed by atoms with Crippen molar-refractivity contribution in [2.45, 2.75) is 6.42 Å². The van der Waals surface area contributed by atoms with Crippen molar-refractivity contribution < 1.29 is 14.3 Å². The summed E-state index contributed by atoms with van der Waals surface area (Å²) in [4.78, 5) is 16.1. The molecule has 1 amide bonds. The van der Waals surface area contributed by atoms with Gasteiger partial charge in [0.25, 0.3) is 0 Å². The Balaban J connectivity index is 2.00. The number of rotatable bonds is 1. The predicted molar refractivity (Wildman–Crippen MR) is 62.4 cm³/mol. The van der Waals surface area contributed by atoms with Crippen LogP contribution in [0.2, 0.25) is 0 Å². The second-order valence-electron chi connectivity index (χ2n) is 3.52. The Hall–Kier alpha value is -1.69. The summed E-state index contributed by atoms with van der Waals surface area (Å²) in [7, 11) is 0. The van der Waals surface area contributed by atoms with Gasteiger partial charge in [-0.25, -0.2) is 4.98 Å². The average Bonchev–Trinajstić information content (AvgIpc) is 2.39. The van der Waals surface area contributed by atoms with Crippen molar-refractivity contribution in [2.24, 2.45) is 0 Å². The molecule has 17 heavy (non-hydrogen) atoms. The molecule has 87 valence electrons. The smallest absolute Gasteiger partial charge is 0.233 e. The third-order valence-corrected chi connectivity index (χ3v) is 3.29. The number of amides is 1. The van der Waals surface area contributed by atoms with Crippen molar-refractivity contribution in [1.29, 1.82) is 0 Å². The number of carbonyl (C=O) groups is 1. The summed E-state index contributed by atoms with van der Waals surface area (Å²) in [5.41, 5.74) is 0.673. The van der Waals surface area contributed by atoms with E-state index in [2.05, 4.69) is 15.9 Å². The van der Waals surface area contributed by atoms with Gasteiger partial charge in [0, 0.05) is 12.5 Å². The maximum Gasteiger partial charge on any atom is 0.233 e. The Labute approximate surface area is 102 Å². The predicted octanol–water partition coefficient (Wildman–Crippen LogP) is 1.16. The molecule has 1 radical (unpaired) electrons. The molecule has 0 saturated heterocycles. The van der Waals surface area contributed by atoms with E-state index in [-0.39, 0.29) is 5.91 Å². The standard InChI is InChI=1S/C11H9N2O3S/c14-9-2-1-8(17-13-9)10-11-7(3-4-12-10)15-5-6-16-11/h1,3H,2,5-6H2,(H,13,14). The normalized spacial score (nSPS) is 18.4. The number of hydrogen-bond acceptors (Lipinski definition) is 5. The van der Waals surface area contributed by atoms with Crippen LogP contribution in [-0.2, 0) is 4.79 Å². The Morgan fingerprint density at radius 3 is 3.12 bits per heavy atom. The molecule has 0 saturated carbocycles. The number of nitrogens with one attached hydrogen (secondary N) is 1. The van der Waals surface area contributed by atoms with Gasteiger partial charge in [0.1, 0.15) is 18.9 Å². The average molecular weight is 249 g/mol. The summed E-state index contributed by atoms with van der Waals surface area (Å²) in [6, 6.07) is 1.66. The summed E-state index contributed by atoms with van der Waals surface area (Å²) < 4.78 is 13.7. The lowest BCUT2D eigenvalue weighted by molar-refractivity contribution is -0.118. The lowest BCUT2D eigenvalue weighted by Crippen LogP contribution is -2.20. The van der Waals surface area contributed by atoms with E-state index in [1.807, 2.05) is 6.08 Å². The van der Waals surface area contributed by atoms with Gasteiger partial charge in [0.05, 0.1) is 11.1 Å². The third kappa shape index (κ3) is 1.95. The van der Waals surface area contributed by atoms with Crippen molar-refractivity contribution in [1.82, 2.24) is 9.71 Å². The van der Waals surface area contributed by atoms with Crippen LogP contribution in [0.4, 0.5) is 0 Å². The van der Waals surface area contributed by atoms with E-state index in [1.165, 1.54) is 11.9 Å². The Bertz CT molecular complexity index is 501. The van der Waals surface area contributed by atoms with Crippen molar-refractivity contribution in [3.8, 4) is 11.5 Å². The highest BCUT2D eigenvalue weighted by Crippen LogP contribution is 2.39. The van der Waals surface area contributed by atoms with E-state index in [1.54, 1.807) is 6.07 Å². The van der Waals surface area contributed by atoms with Crippen LogP contribution in [0.5, 0.6) is 11.5 Å². The number of carbonyl (C=O) groups excluding carboxylic acids is 1. The van der Waals surface area contributed by atoms with Crippen LogP contribution in [0.3, 0.4) is 0 Å². The van der Waals surface area contributed by atoms with Crippen molar-refractivity contribution in [3.63, 3.8) is 0 Å². The highest BCUT2D eigenvalue weighted by Gasteiger charge is 2.22. The molecule has 1 aromatic heterocycles. The number of pyridine rings is 1. The van der Waals surface area contributed by atoms with Gasteiger partial charge < -0.3 is 9.47 Å². The van der Waals surface area contributed by atoms with E-state index in [0.29, 0.717) is 36.8 Å². The zero-order valence-electron chi connectivity index (χ0n) is 8.86. The molecule has 0 unspecified atom stereocenters. The van der Waals surface area contributed by atoms with Crippen LogP contribution in [0.25, 0.3) is 4.91 Å². The monoisotopic (exact) mass is 249 g/mol. The zero-order chi connectivity index (χ0) is 11.7. The van der Waals surface area contributed by atoms with Gasteiger partial charge >= 0.3 is 0 Å². The molecule has 0 aromatic carbocycles. The van der Waals surface area contributed by atoms with Crippen molar-refractivity contribution in [3.05, 3.63) is 24.0 Å². The fourth-order valence-electron chi connectivity index (χ4n) is 1.62. The summed E-state index contributed by atoms with van der Waals surface area (Å²) in [6.07, 6.45) is 4.96. The van der Waals surface area contributed by atoms with E-state index < -0.39 is 0 Å². The van der Waals surface area contributed by atoms with Crippen LogP contribution in [0.1, 0.15) is 12.1 Å². The third-order valence-electron chi connectivity index (χ3n) is 2.38. The van der Waals surface area contributed by atoms with Crippen LogP contribution >= 0.6 is 11.9 Å². The SMILES string of the molecule is O=C1CC=C(c2n[c]cc3c2OCCO3)SN1. The van der Waals surface area contributed by atoms with Gasteiger partial charge in [0.15, 0.2) is 11.5 Å². The van der Waals surface area contributed by atoms with E-state index >= 15 is 0 Å². The minimum atomic E-state index is -0.00954. The molecule has 0 aliphatic carbocycles. The van der Waals surface area contributed by atoms with Gasteiger partial charge in [-0.1, -0.05) is 6.08 Å². The first-order chi connectivity index (χ1) is 8.34. The second kappa shape index (κ2) is 4.29. The highest BCUT2D eigenvalue weighted by molar-refractivity contribution is 8.07. The number of ether oxygens (including phenoxy) is 2. The molecule has 0 spiro atoms. The quantitative estimate of drug-likeness (QED) is 0.757. The lowest BCUT2D eigenvalue weighted by Gasteiger charge is -2.21. The van der Waals surface area contributed by atoms with E-state index in [0.717, 1.165) is 4.91 Å². The lowest BCUT2D eigenvalue weighted by atomic mass is 10.2. The van der Waals surface area contributed by atoms with E-state index in [9.17, 15) is 4.79 Å². The van der Waals surface area contributed by atoms with Gasteiger partial charge in [-0.05, 0) is 11.9 Å². The molecular weight excluding hydrogens is 240 g/mol. The van der Waals surface area contributed by atoms with Crippen LogP contribution in [0, 0.1) is 6.20 Å². The molecule has 2 aliphatic rings. The first kappa shape index (κ1) is 10.5. The second-order valence-corrected chi connectivity index (χ2v) is 4.37. The fourth-order valence-corrected chi connectivity index (χ4v) is 2.33. The molecule has 3 heterocycles. The molecule has 1 N–H and O–H groups in total. The van der Waals surface area contributed by atoms with Crippen molar-refractivity contribution >= 4 is 22.8 Å².